The van der Waals surface area contributed by atoms with Gasteiger partial charge in [-0.2, -0.15) is 5.10 Å². The van der Waals surface area contributed by atoms with Gasteiger partial charge in [-0.15, -0.1) is 0 Å². The Morgan fingerprint density at radius 2 is 2.00 bits per heavy atom. The van der Waals surface area contributed by atoms with E-state index in [1.165, 1.54) is 30.7 Å². The lowest BCUT2D eigenvalue weighted by atomic mass is 10.0. The molecule has 0 aliphatic rings. The second kappa shape index (κ2) is 7.57. The van der Waals surface area contributed by atoms with E-state index in [2.05, 4.69) is 51.2 Å². The van der Waals surface area contributed by atoms with Gasteiger partial charge >= 0.3 is 0 Å². The molecule has 0 amide bonds. The van der Waals surface area contributed by atoms with Crippen molar-refractivity contribution < 1.29 is 0 Å². The first kappa shape index (κ1) is 15.2. The average molecular weight is 251 g/mol. The number of aryl methyl sites for hydroxylation is 2. The molecule has 3 nitrogen and oxygen atoms in total. The van der Waals surface area contributed by atoms with Crippen molar-refractivity contribution in [3.05, 3.63) is 17.5 Å². The molecule has 0 radical (unpaired) electrons. The van der Waals surface area contributed by atoms with Gasteiger partial charge in [0.05, 0.1) is 11.4 Å². The van der Waals surface area contributed by atoms with E-state index in [0.29, 0.717) is 6.04 Å². The number of aromatic nitrogens is 2. The Labute approximate surface area is 112 Å². The summed E-state index contributed by atoms with van der Waals surface area (Å²) >= 11 is 0. The minimum atomic E-state index is 0.449. The molecule has 1 aromatic rings. The highest BCUT2D eigenvalue weighted by molar-refractivity contribution is 5.14. The van der Waals surface area contributed by atoms with Crippen molar-refractivity contribution in [1.29, 1.82) is 0 Å². The van der Waals surface area contributed by atoms with Crippen LogP contribution in [-0.4, -0.2) is 16.3 Å². The zero-order chi connectivity index (χ0) is 13.5. The maximum atomic E-state index is 4.56. The predicted molar refractivity (Wildman–Crippen MR) is 77.7 cm³/mol. The van der Waals surface area contributed by atoms with Crippen LogP contribution < -0.4 is 5.32 Å². The Kier molecular flexibility index (Phi) is 6.41. The van der Waals surface area contributed by atoms with Gasteiger partial charge in [0.1, 0.15) is 0 Å². The highest BCUT2D eigenvalue weighted by Crippen LogP contribution is 2.21. The maximum Gasteiger partial charge on any atom is 0.0625 e. The third-order valence-corrected chi connectivity index (χ3v) is 3.36. The second-order valence-electron chi connectivity index (χ2n) is 5.52. The van der Waals surface area contributed by atoms with Crippen LogP contribution in [0.15, 0.2) is 6.07 Å². The van der Waals surface area contributed by atoms with Crippen molar-refractivity contribution >= 4 is 0 Å². The van der Waals surface area contributed by atoms with E-state index in [1.807, 2.05) is 4.68 Å². The summed E-state index contributed by atoms with van der Waals surface area (Å²) in [5, 5.41) is 8.22. The molecule has 1 aromatic heterocycles. The van der Waals surface area contributed by atoms with Crippen LogP contribution in [0.5, 0.6) is 0 Å². The molecule has 0 fully saturated rings. The third kappa shape index (κ3) is 4.45. The molecule has 3 heteroatoms. The van der Waals surface area contributed by atoms with E-state index < -0.39 is 0 Å². The Morgan fingerprint density at radius 3 is 2.50 bits per heavy atom. The highest BCUT2D eigenvalue weighted by atomic mass is 15.3. The molecule has 0 saturated carbocycles. The van der Waals surface area contributed by atoms with Gasteiger partial charge in [-0.05, 0) is 44.2 Å². The lowest BCUT2D eigenvalue weighted by molar-refractivity contribution is 0.421. The fourth-order valence-corrected chi connectivity index (χ4v) is 2.22. The van der Waals surface area contributed by atoms with Crippen LogP contribution in [0.4, 0.5) is 0 Å². The molecular formula is C15H29N3. The van der Waals surface area contributed by atoms with Gasteiger partial charge in [-0.1, -0.05) is 27.7 Å². The Bertz CT molecular complexity index is 342. The van der Waals surface area contributed by atoms with Crippen LogP contribution in [0.1, 0.15) is 64.4 Å². The van der Waals surface area contributed by atoms with Crippen molar-refractivity contribution in [1.82, 2.24) is 15.1 Å². The van der Waals surface area contributed by atoms with E-state index >= 15 is 0 Å². The first-order valence-corrected chi connectivity index (χ1v) is 7.34. The van der Waals surface area contributed by atoms with E-state index in [4.69, 9.17) is 0 Å². The summed E-state index contributed by atoms with van der Waals surface area (Å²) in [6, 6.07) is 2.71. The molecule has 1 heterocycles. The first-order chi connectivity index (χ1) is 8.58. The molecule has 1 rings (SSSR count). The number of hydrogen-bond acceptors (Lipinski definition) is 2. The molecule has 0 aliphatic heterocycles. The third-order valence-electron chi connectivity index (χ3n) is 3.36. The summed E-state index contributed by atoms with van der Waals surface area (Å²) in [5.74, 6) is 0.759. The minimum absolute atomic E-state index is 0.449. The summed E-state index contributed by atoms with van der Waals surface area (Å²) in [5.41, 5.74) is 2.53. The summed E-state index contributed by atoms with van der Waals surface area (Å²) in [7, 11) is 2.06. The largest absolute Gasteiger partial charge is 0.309 e. The van der Waals surface area contributed by atoms with Gasteiger partial charge in [0.2, 0.25) is 0 Å². The smallest absolute Gasteiger partial charge is 0.0625 e. The zero-order valence-corrected chi connectivity index (χ0v) is 12.7. The van der Waals surface area contributed by atoms with E-state index in [-0.39, 0.29) is 0 Å². The predicted octanol–water partition coefficient (Wildman–Crippen LogP) is 3.46. The summed E-state index contributed by atoms with van der Waals surface area (Å²) in [4.78, 5) is 0. The van der Waals surface area contributed by atoms with Crippen LogP contribution in [0.2, 0.25) is 0 Å². The fourth-order valence-electron chi connectivity index (χ4n) is 2.22. The van der Waals surface area contributed by atoms with Crippen molar-refractivity contribution in [3.63, 3.8) is 0 Å². The second-order valence-corrected chi connectivity index (χ2v) is 5.52. The lowest BCUT2D eigenvalue weighted by Crippen LogP contribution is -2.24. The van der Waals surface area contributed by atoms with Crippen molar-refractivity contribution in [2.24, 2.45) is 13.0 Å². The number of rotatable bonds is 8. The molecule has 18 heavy (non-hydrogen) atoms. The SMILES string of the molecule is CCCNC(CCC(C)C)c1cc(CC)nn1C. The number of nitrogens with zero attached hydrogens (tertiary/aromatic N) is 2. The van der Waals surface area contributed by atoms with E-state index in [1.54, 1.807) is 0 Å². The summed E-state index contributed by atoms with van der Waals surface area (Å²) in [6.45, 7) is 10.0. The maximum absolute atomic E-state index is 4.56. The van der Waals surface area contributed by atoms with Crippen LogP contribution in [0, 0.1) is 5.92 Å². The number of hydrogen-bond donors (Lipinski definition) is 1. The Balaban J connectivity index is 2.75. The topological polar surface area (TPSA) is 29.9 Å². The monoisotopic (exact) mass is 251 g/mol. The molecule has 0 aromatic carbocycles. The molecular weight excluding hydrogens is 222 g/mol. The minimum Gasteiger partial charge on any atom is -0.309 e. The standard InChI is InChI=1S/C15H29N3/c1-6-10-16-14(9-8-12(3)4)15-11-13(7-2)17-18(15)5/h11-12,14,16H,6-10H2,1-5H3. The molecule has 0 bridgehead atoms. The molecule has 0 saturated heterocycles. The van der Waals surface area contributed by atoms with E-state index in [0.717, 1.165) is 18.9 Å². The zero-order valence-electron chi connectivity index (χ0n) is 12.7. The lowest BCUT2D eigenvalue weighted by Gasteiger charge is -2.19. The van der Waals surface area contributed by atoms with Gasteiger partial charge in [-0.3, -0.25) is 4.68 Å². The van der Waals surface area contributed by atoms with Crippen molar-refractivity contribution in [2.75, 3.05) is 6.54 Å². The average Bonchev–Trinajstić information content (AvgIpc) is 2.71. The summed E-state index contributed by atoms with van der Waals surface area (Å²) in [6.07, 6.45) is 4.64. The van der Waals surface area contributed by atoms with Crippen molar-refractivity contribution in [2.45, 2.75) is 59.4 Å². The van der Waals surface area contributed by atoms with Gasteiger partial charge < -0.3 is 5.32 Å². The molecule has 1 N–H and O–H groups in total. The van der Waals surface area contributed by atoms with Gasteiger partial charge in [0, 0.05) is 13.1 Å². The Hall–Kier alpha value is -0.830. The number of nitrogens with one attached hydrogen (secondary N) is 1. The van der Waals surface area contributed by atoms with Gasteiger partial charge in [-0.25, -0.2) is 0 Å². The van der Waals surface area contributed by atoms with Gasteiger partial charge in [0.15, 0.2) is 0 Å². The molecule has 0 spiro atoms. The molecule has 1 unspecified atom stereocenters. The Morgan fingerprint density at radius 1 is 1.28 bits per heavy atom. The van der Waals surface area contributed by atoms with Crippen LogP contribution in [0.3, 0.4) is 0 Å². The quantitative estimate of drug-likeness (QED) is 0.767. The molecule has 0 aliphatic carbocycles. The normalized spacial score (nSPS) is 13.2. The summed E-state index contributed by atoms with van der Waals surface area (Å²) < 4.78 is 2.05. The molecule has 1 atom stereocenters. The van der Waals surface area contributed by atoms with Gasteiger partial charge in [0.25, 0.3) is 0 Å². The van der Waals surface area contributed by atoms with Crippen LogP contribution in [-0.2, 0) is 13.5 Å². The van der Waals surface area contributed by atoms with Crippen molar-refractivity contribution in [3.8, 4) is 0 Å². The van der Waals surface area contributed by atoms with Crippen LogP contribution >= 0.6 is 0 Å². The first-order valence-electron chi connectivity index (χ1n) is 7.34. The fraction of sp³-hybridized carbons (Fsp3) is 0.800. The molecule has 104 valence electrons. The van der Waals surface area contributed by atoms with E-state index in [9.17, 15) is 0 Å². The van der Waals surface area contributed by atoms with Crippen LogP contribution in [0.25, 0.3) is 0 Å². The highest BCUT2D eigenvalue weighted by Gasteiger charge is 2.16.